The molecule has 0 bridgehead atoms. The first-order valence-electron chi connectivity index (χ1n) is 4.74. The van der Waals surface area contributed by atoms with Crippen LogP contribution in [-0.2, 0) is 9.53 Å². The lowest BCUT2D eigenvalue weighted by atomic mass is 10.3. The minimum atomic E-state index is 0.0440. The van der Waals surface area contributed by atoms with Gasteiger partial charge in [-0.3, -0.25) is 4.79 Å². The fourth-order valence-corrected chi connectivity index (χ4v) is 1.63. The molecular formula is C9H18N2O2. The van der Waals surface area contributed by atoms with Crippen molar-refractivity contribution in [3.05, 3.63) is 0 Å². The average Bonchev–Trinajstić information content (AvgIpc) is 2.48. The molecule has 1 rings (SSSR count). The highest BCUT2D eigenvalue weighted by atomic mass is 16.5. The van der Waals surface area contributed by atoms with E-state index < -0.39 is 0 Å². The molecule has 13 heavy (non-hydrogen) atoms. The summed E-state index contributed by atoms with van der Waals surface area (Å²) in [5.74, 6) is 0.235. The van der Waals surface area contributed by atoms with Crippen molar-refractivity contribution in [2.45, 2.75) is 18.9 Å². The number of carbonyl (C=O) groups excluding carboxylic acids is 1. The first-order chi connectivity index (χ1) is 6.29. The summed E-state index contributed by atoms with van der Waals surface area (Å²) in [7, 11) is 3.52. The lowest BCUT2D eigenvalue weighted by Gasteiger charge is -2.15. The van der Waals surface area contributed by atoms with E-state index in [0.717, 1.165) is 32.5 Å². The summed E-state index contributed by atoms with van der Waals surface area (Å²) in [5.41, 5.74) is 0. The zero-order valence-electron chi connectivity index (χ0n) is 8.38. The molecule has 1 N–H and O–H groups in total. The van der Waals surface area contributed by atoms with Gasteiger partial charge < -0.3 is 15.0 Å². The molecule has 1 fully saturated rings. The molecule has 1 amide bonds. The second-order valence-corrected chi connectivity index (χ2v) is 3.30. The number of likely N-dealkylation sites (tertiary alicyclic amines) is 1. The third-order valence-electron chi connectivity index (χ3n) is 2.42. The molecule has 4 nitrogen and oxygen atoms in total. The van der Waals surface area contributed by atoms with Gasteiger partial charge in [-0.15, -0.1) is 0 Å². The average molecular weight is 186 g/mol. The zero-order valence-corrected chi connectivity index (χ0v) is 8.38. The van der Waals surface area contributed by atoms with Crippen LogP contribution in [0.4, 0.5) is 0 Å². The van der Waals surface area contributed by atoms with Crippen LogP contribution in [-0.4, -0.2) is 50.7 Å². The molecule has 0 saturated carbocycles. The van der Waals surface area contributed by atoms with Crippen LogP contribution in [0, 0.1) is 0 Å². The quantitative estimate of drug-likeness (QED) is 0.607. The third-order valence-corrected chi connectivity index (χ3v) is 2.42. The lowest BCUT2D eigenvalue weighted by molar-refractivity contribution is -0.129. The maximum absolute atomic E-state index is 11.6. The predicted octanol–water partition coefficient (Wildman–Crippen LogP) is -0.157. The molecular weight excluding hydrogens is 168 g/mol. The van der Waals surface area contributed by atoms with Crippen LogP contribution in [0.3, 0.4) is 0 Å². The van der Waals surface area contributed by atoms with E-state index in [2.05, 4.69) is 5.32 Å². The second kappa shape index (κ2) is 5.19. The van der Waals surface area contributed by atoms with Crippen LogP contribution in [0.5, 0.6) is 0 Å². The van der Waals surface area contributed by atoms with Crippen LogP contribution < -0.4 is 5.32 Å². The number of nitrogens with one attached hydrogen (secondary N) is 1. The van der Waals surface area contributed by atoms with Gasteiger partial charge in [-0.05, 0) is 19.9 Å². The van der Waals surface area contributed by atoms with Crippen LogP contribution in [0.2, 0.25) is 0 Å². The van der Waals surface area contributed by atoms with Gasteiger partial charge in [0.25, 0.3) is 0 Å². The second-order valence-electron chi connectivity index (χ2n) is 3.30. The number of ether oxygens (including phenoxy) is 1. The van der Waals surface area contributed by atoms with Crippen molar-refractivity contribution < 1.29 is 9.53 Å². The topological polar surface area (TPSA) is 41.6 Å². The number of rotatable bonds is 5. The number of methoxy groups -OCH3 is 1. The summed E-state index contributed by atoms with van der Waals surface area (Å²) < 4.78 is 4.94. The van der Waals surface area contributed by atoms with E-state index in [1.807, 2.05) is 11.9 Å². The van der Waals surface area contributed by atoms with Crippen LogP contribution >= 0.6 is 0 Å². The summed E-state index contributed by atoms with van der Waals surface area (Å²) in [4.78, 5) is 13.5. The Morgan fingerprint density at radius 3 is 3.00 bits per heavy atom. The number of hydrogen-bond donors (Lipinski definition) is 1. The molecule has 1 aliphatic rings. The summed E-state index contributed by atoms with van der Waals surface area (Å²) >= 11 is 0. The minimum Gasteiger partial charge on any atom is -0.385 e. The van der Waals surface area contributed by atoms with Gasteiger partial charge in [0.05, 0.1) is 6.04 Å². The van der Waals surface area contributed by atoms with Gasteiger partial charge in [0.1, 0.15) is 0 Å². The molecule has 0 aromatic rings. The molecule has 4 heteroatoms. The van der Waals surface area contributed by atoms with Gasteiger partial charge in [0.15, 0.2) is 0 Å². The van der Waals surface area contributed by atoms with Crippen molar-refractivity contribution in [3.63, 3.8) is 0 Å². The van der Waals surface area contributed by atoms with Gasteiger partial charge in [-0.1, -0.05) is 0 Å². The number of carbonyl (C=O) groups is 1. The normalized spacial score (nSPS) is 22.8. The summed E-state index contributed by atoms with van der Waals surface area (Å²) in [5, 5.41) is 3.01. The Labute approximate surface area is 79.2 Å². The van der Waals surface area contributed by atoms with E-state index in [1.165, 1.54) is 0 Å². The summed E-state index contributed by atoms with van der Waals surface area (Å²) in [6, 6.07) is 0.0440. The molecule has 1 atom stereocenters. The molecule has 0 radical (unpaired) electrons. The van der Waals surface area contributed by atoms with Gasteiger partial charge in [0.2, 0.25) is 5.91 Å². The Kier molecular flexibility index (Phi) is 4.18. The van der Waals surface area contributed by atoms with E-state index >= 15 is 0 Å². The highest BCUT2D eigenvalue weighted by Gasteiger charge is 2.29. The SMILES string of the molecule is CNC1CCN(CCCOC)C1=O. The van der Waals surface area contributed by atoms with Crippen molar-refractivity contribution in [1.29, 1.82) is 0 Å². The molecule has 0 aromatic carbocycles. The largest absolute Gasteiger partial charge is 0.385 e. The van der Waals surface area contributed by atoms with Crippen molar-refractivity contribution in [2.24, 2.45) is 0 Å². The van der Waals surface area contributed by atoms with E-state index in [1.54, 1.807) is 7.11 Å². The van der Waals surface area contributed by atoms with E-state index in [9.17, 15) is 4.79 Å². The van der Waals surface area contributed by atoms with Gasteiger partial charge in [0, 0.05) is 26.8 Å². The highest BCUT2D eigenvalue weighted by molar-refractivity contribution is 5.83. The van der Waals surface area contributed by atoms with Crippen molar-refractivity contribution in [2.75, 3.05) is 33.9 Å². The maximum atomic E-state index is 11.6. The van der Waals surface area contributed by atoms with Crippen molar-refractivity contribution >= 4 is 5.91 Å². The molecule has 0 aromatic heterocycles. The van der Waals surface area contributed by atoms with Gasteiger partial charge >= 0.3 is 0 Å². The van der Waals surface area contributed by atoms with Crippen molar-refractivity contribution in [3.8, 4) is 0 Å². The smallest absolute Gasteiger partial charge is 0.239 e. The Bertz CT molecular complexity index is 173. The monoisotopic (exact) mass is 186 g/mol. The van der Waals surface area contributed by atoms with Crippen LogP contribution in [0.25, 0.3) is 0 Å². The van der Waals surface area contributed by atoms with Gasteiger partial charge in [-0.2, -0.15) is 0 Å². The number of amides is 1. The predicted molar refractivity (Wildman–Crippen MR) is 50.5 cm³/mol. The molecule has 1 aliphatic heterocycles. The first-order valence-corrected chi connectivity index (χ1v) is 4.74. The minimum absolute atomic E-state index is 0.0440. The lowest BCUT2D eigenvalue weighted by Crippen LogP contribution is -2.36. The third kappa shape index (κ3) is 2.67. The molecule has 1 unspecified atom stereocenters. The Morgan fingerprint density at radius 2 is 2.46 bits per heavy atom. The molecule has 1 saturated heterocycles. The fraction of sp³-hybridized carbons (Fsp3) is 0.889. The Morgan fingerprint density at radius 1 is 1.69 bits per heavy atom. The maximum Gasteiger partial charge on any atom is 0.239 e. The number of nitrogens with zero attached hydrogens (tertiary/aromatic N) is 1. The van der Waals surface area contributed by atoms with Gasteiger partial charge in [-0.25, -0.2) is 0 Å². The van der Waals surface area contributed by atoms with Crippen LogP contribution in [0.1, 0.15) is 12.8 Å². The first kappa shape index (κ1) is 10.5. The Balaban J connectivity index is 2.24. The molecule has 0 spiro atoms. The number of likely N-dealkylation sites (N-methyl/N-ethyl adjacent to an activating group) is 1. The fourth-order valence-electron chi connectivity index (χ4n) is 1.63. The molecule has 1 heterocycles. The highest BCUT2D eigenvalue weighted by Crippen LogP contribution is 2.10. The Hall–Kier alpha value is -0.610. The zero-order chi connectivity index (χ0) is 9.68. The summed E-state index contributed by atoms with van der Waals surface area (Å²) in [6.07, 6.45) is 1.86. The van der Waals surface area contributed by atoms with E-state index in [4.69, 9.17) is 4.74 Å². The molecule has 76 valence electrons. The van der Waals surface area contributed by atoms with Crippen molar-refractivity contribution in [1.82, 2.24) is 10.2 Å². The summed E-state index contributed by atoms with van der Waals surface area (Å²) in [6.45, 7) is 2.44. The standard InChI is InChI=1S/C9H18N2O2/c1-10-8-4-6-11(9(8)12)5-3-7-13-2/h8,10H,3-7H2,1-2H3. The van der Waals surface area contributed by atoms with E-state index in [0.29, 0.717) is 0 Å². The van der Waals surface area contributed by atoms with E-state index in [-0.39, 0.29) is 11.9 Å². The van der Waals surface area contributed by atoms with Crippen LogP contribution in [0.15, 0.2) is 0 Å². The number of hydrogen-bond acceptors (Lipinski definition) is 3. The molecule has 0 aliphatic carbocycles.